The fourth-order valence-electron chi connectivity index (χ4n) is 4.13. The van der Waals surface area contributed by atoms with E-state index in [2.05, 4.69) is 16.3 Å². The van der Waals surface area contributed by atoms with E-state index in [1.54, 1.807) is 0 Å². The normalized spacial score (nSPS) is 15.4. The number of hydrogen-bond acceptors (Lipinski definition) is 3. The standard InChI is InChI=1S/C24H25N5O/c1-26-12-7-13-27(17-16-26)24(30)20-18-23(28-14-6-5-10-22(20)28)21-11-15-29(25-21)19-8-3-2-4-9-19/h2-6,8-11,14-15,18H,7,12-13,16-17H2,1H3. The summed E-state index contributed by atoms with van der Waals surface area (Å²) in [5, 5.41) is 4.78. The van der Waals surface area contributed by atoms with E-state index in [1.165, 1.54) is 0 Å². The minimum absolute atomic E-state index is 0.0998. The molecule has 1 aliphatic rings. The molecular weight excluding hydrogens is 374 g/mol. The van der Waals surface area contributed by atoms with Gasteiger partial charge in [-0.15, -0.1) is 0 Å². The SMILES string of the molecule is CN1CCCN(C(=O)c2cc(-c3ccn(-c4ccccc4)n3)n3ccccc23)CC1. The molecule has 4 heterocycles. The third-order valence-electron chi connectivity index (χ3n) is 5.79. The molecule has 0 bridgehead atoms. The van der Waals surface area contributed by atoms with Crippen molar-refractivity contribution < 1.29 is 4.79 Å². The summed E-state index contributed by atoms with van der Waals surface area (Å²) in [7, 11) is 2.11. The van der Waals surface area contributed by atoms with Gasteiger partial charge in [-0.05, 0) is 56.4 Å². The molecule has 5 rings (SSSR count). The molecule has 0 saturated carbocycles. The van der Waals surface area contributed by atoms with Crippen molar-refractivity contribution in [1.82, 2.24) is 24.0 Å². The smallest absolute Gasteiger partial charge is 0.256 e. The Bertz CT molecular complexity index is 1180. The van der Waals surface area contributed by atoms with Gasteiger partial charge in [0.15, 0.2) is 0 Å². The van der Waals surface area contributed by atoms with Crippen LogP contribution in [0.4, 0.5) is 0 Å². The van der Waals surface area contributed by atoms with Gasteiger partial charge in [-0.1, -0.05) is 24.3 Å². The molecule has 1 saturated heterocycles. The Hall–Kier alpha value is -3.38. The van der Waals surface area contributed by atoms with E-state index in [1.807, 2.05) is 82.6 Å². The molecule has 0 spiro atoms. The Morgan fingerprint density at radius 2 is 1.73 bits per heavy atom. The van der Waals surface area contributed by atoms with Crippen LogP contribution in [0.2, 0.25) is 0 Å². The van der Waals surface area contributed by atoms with Gasteiger partial charge >= 0.3 is 0 Å². The second-order valence-corrected chi connectivity index (χ2v) is 7.83. The molecule has 6 heteroatoms. The van der Waals surface area contributed by atoms with Gasteiger partial charge in [0.2, 0.25) is 0 Å². The van der Waals surface area contributed by atoms with Crippen molar-refractivity contribution in [3.05, 3.63) is 78.6 Å². The van der Waals surface area contributed by atoms with Gasteiger partial charge in [-0.25, -0.2) is 4.68 Å². The lowest BCUT2D eigenvalue weighted by Crippen LogP contribution is -2.34. The van der Waals surface area contributed by atoms with Crippen LogP contribution >= 0.6 is 0 Å². The minimum Gasteiger partial charge on any atom is -0.337 e. The van der Waals surface area contributed by atoms with E-state index < -0.39 is 0 Å². The highest BCUT2D eigenvalue weighted by Gasteiger charge is 2.23. The maximum absolute atomic E-state index is 13.4. The van der Waals surface area contributed by atoms with Crippen molar-refractivity contribution in [2.75, 3.05) is 33.2 Å². The van der Waals surface area contributed by atoms with Crippen LogP contribution in [0, 0.1) is 0 Å². The van der Waals surface area contributed by atoms with Crippen LogP contribution in [-0.4, -0.2) is 63.1 Å². The zero-order valence-electron chi connectivity index (χ0n) is 17.1. The van der Waals surface area contributed by atoms with E-state index in [9.17, 15) is 4.79 Å². The molecular formula is C24H25N5O. The first-order valence-electron chi connectivity index (χ1n) is 10.4. The van der Waals surface area contributed by atoms with Gasteiger partial charge in [0.05, 0.1) is 22.5 Å². The first-order chi connectivity index (χ1) is 14.7. The zero-order valence-corrected chi connectivity index (χ0v) is 17.1. The van der Waals surface area contributed by atoms with Crippen LogP contribution in [0.5, 0.6) is 0 Å². The summed E-state index contributed by atoms with van der Waals surface area (Å²) in [5.41, 5.74) is 4.44. The lowest BCUT2D eigenvalue weighted by Gasteiger charge is -2.20. The Balaban J connectivity index is 1.53. The van der Waals surface area contributed by atoms with Crippen LogP contribution in [0.15, 0.2) is 73.1 Å². The lowest BCUT2D eigenvalue weighted by atomic mass is 10.2. The molecule has 4 aromatic rings. The molecule has 0 aliphatic carbocycles. The van der Waals surface area contributed by atoms with E-state index >= 15 is 0 Å². The third-order valence-corrected chi connectivity index (χ3v) is 5.79. The average Bonchev–Trinajstić information content (AvgIpc) is 3.35. The molecule has 1 fully saturated rings. The molecule has 0 unspecified atom stereocenters. The number of nitrogens with zero attached hydrogens (tertiary/aromatic N) is 5. The van der Waals surface area contributed by atoms with E-state index in [0.29, 0.717) is 0 Å². The van der Waals surface area contributed by atoms with Gasteiger partial charge in [0, 0.05) is 32.0 Å². The molecule has 152 valence electrons. The largest absolute Gasteiger partial charge is 0.337 e. The average molecular weight is 399 g/mol. The summed E-state index contributed by atoms with van der Waals surface area (Å²) in [6.07, 6.45) is 4.96. The van der Waals surface area contributed by atoms with Crippen molar-refractivity contribution in [1.29, 1.82) is 0 Å². The van der Waals surface area contributed by atoms with Crippen LogP contribution < -0.4 is 0 Å². The topological polar surface area (TPSA) is 45.8 Å². The number of likely N-dealkylation sites (N-methyl/N-ethyl adjacent to an activating group) is 1. The molecule has 30 heavy (non-hydrogen) atoms. The van der Waals surface area contributed by atoms with Crippen LogP contribution in [0.3, 0.4) is 0 Å². The fraction of sp³-hybridized carbons (Fsp3) is 0.250. The monoisotopic (exact) mass is 399 g/mol. The quantitative estimate of drug-likeness (QED) is 0.529. The highest BCUT2D eigenvalue weighted by Crippen LogP contribution is 2.27. The summed E-state index contributed by atoms with van der Waals surface area (Å²) in [6.45, 7) is 3.50. The molecule has 1 aliphatic heterocycles. The second-order valence-electron chi connectivity index (χ2n) is 7.83. The summed E-state index contributed by atoms with van der Waals surface area (Å²) < 4.78 is 3.93. The predicted molar refractivity (Wildman–Crippen MR) is 118 cm³/mol. The number of fused-ring (bicyclic) bond motifs is 1. The Labute approximate surface area is 176 Å². The number of para-hydroxylation sites is 1. The van der Waals surface area contributed by atoms with Crippen LogP contribution in [0.25, 0.3) is 22.6 Å². The van der Waals surface area contributed by atoms with Gasteiger partial charge in [-0.3, -0.25) is 4.79 Å². The first kappa shape index (κ1) is 18.6. The fourth-order valence-corrected chi connectivity index (χ4v) is 4.13. The Kier molecular flexibility index (Phi) is 4.85. The summed E-state index contributed by atoms with van der Waals surface area (Å²) >= 11 is 0. The number of aromatic nitrogens is 3. The molecule has 3 aromatic heterocycles. The maximum atomic E-state index is 13.4. The number of amides is 1. The van der Waals surface area contributed by atoms with Gasteiger partial charge in [-0.2, -0.15) is 5.10 Å². The van der Waals surface area contributed by atoms with Crippen molar-refractivity contribution in [3.8, 4) is 17.1 Å². The predicted octanol–water partition coefficient (Wildman–Crippen LogP) is 3.57. The van der Waals surface area contributed by atoms with E-state index in [-0.39, 0.29) is 5.91 Å². The lowest BCUT2D eigenvalue weighted by molar-refractivity contribution is 0.0765. The number of pyridine rings is 1. The van der Waals surface area contributed by atoms with Crippen molar-refractivity contribution in [3.63, 3.8) is 0 Å². The number of hydrogen-bond donors (Lipinski definition) is 0. The number of carbonyl (C=O) groups excluding carboxylic acids is 1. The van der Waals surface area contributed by atoms with Gasteiger partial charge < -0.3 is 14.2 Å². The molecule has 0 radical (unpaired) electrons. The summed E-state index contributed by atoms with van der Waals surface area (Å²) in [6, 6.07) is 20.0. The maximum Gasteiger partial charge on any atom is 0.256 e. The van der Waals surface area contributed by atoms with Crippen molar-refractivity contribution in [2.24, 2.45) is 0 Å². The second kappa shape index (κ2) is 7.80. The Morgan fingerprint density at radius 1 is 0.900 bits per heavy atom. The van der Waals surface area contributed by atoms with E-state index in [0.717, 1.165) is 60.8 Å². The van der Waals surface area contributed by atoms with Crippen LogP contribution in [-0.2, 0) is 0 Å². The van der Waals surface area contributed by atoms with Gasteiger partial charge in [0.1, 0.15) is 5.69 Å². The van der Waals surface area contributed by atoms with Gasteiger partial charge in [0.25, 0.3) is 5.91 Å². The number of rotatable bonds is 3. The van der Waals surface area contributed by atoms with Crippen molar-refractivity contribution in [2.45, 2.75) is 6.42 Å². The summed E-state index contributed by atoms with van der Waals surface area (Å²) in [4.78, 5) is 17.7. The van der Waals surface area contributed by atoms with Crippen LogP contribution in [0.1, 0.15) is 16.8 Å². The van der Waals surface area contributed by atoms with Crippen molar-refractivity contribution >= 4 is 11.4 Å². The molecule has 6 nitrogen and oxygen atoms in total. The molecule has 1 amide bonds. The van der Waals surface area contributed by atoms with E-state index in [4.69, 9.17) is 5.10 Å². The highest BCUT2D eigenvalue weighted by molar-refractivity contribution is 6.02. The highest BCUT2D eigenvalue weighted by atomic mass is 16.2. The Morgan fingerprint density at radius 3 is 2.60 bits per heavy atom. The number of benzene rings is 1. The molecule has 0 atom stereocenters. The first-order valence-corrected chi connectivity index (χ1v) is 10.4. The molecule has 1 aromatic carbocycles. The minimum atomic E-state index is 0.0998. The third kappa shape index (κ3) is 3.39. The summed E-state index contributed by atoms with van der Waals surface area (Å²) in [5.74, 6) is 0.0998. The number of carbonyl (C=O) groups is 1. The zero-order chi connectivity index (χ0) is 20.5. The molecule has 0 N–H and O–H groups in total.